The fourth-order valence-corrected chi connectivity index (χ4v) is 2.98. The molecule has 7 heteroatoms. The van der Waals surface area contributed by atoms with Gasteiger partial charge in [-0.1, -0.05) is 12.1 Å². The summed E-state index contributed by atoms with van der Waals surface area (Å²) < 4.78 is 63.6. The van der Waals surface area contributed by atoms with E-state index in [1.165, 1.54) is 36.4 Å². The summed E-state index contributed by atoms with van der Waals surface area (Å²) in [5.74, 6) is -3.62. The van der Waals surface area contributed by atoms with Crippen LogP contribution in [0, 0.1) is 5.82 Å². The van der Waals surface area contributed by atoms with E-state index < -0.39 is 21.6 Å². The van der Waals surface area contributed by atoms with Gasteiger partial charge in [-0.25, -0.2) is 12.8 Å². The molecule has 3 rings (SSSR count). The predicted molar refractivity (Wildman–Crippen MR) is 84.6 cm³/mol. The summed E-state index contributed by atoms with van der Waals surface area (Å²) in [6.45, 7) is 0. The van der Waals surface area contributed by atoms with Gasteiger partial charge in [0, 0.05) is 18.0 Å². The van der Waals surface area contributed by atoms with Crippen LogP contribution in [0.3, 0.4) is 0 Å². The van der Waals surface area contributed by atoms with Crippen LogP contribution in [0.4, 0.5) is 13.2 Å². The van der Waals surface area contributed by atoms with Crippen molar-refractivity contribution < 1.29 is 21.6 Å². The fourth-order valence-electron chi connectivity index (χ4n) is 2.42. The van der Waals surface area contributed by atoms with Gasteiger partial charge in [-0.15, -0.1) is 0 Å². The molecule has 0 saturated carbocycles. The maximum absolute atomic E-state index is 13.8. The quantitative estimate of drug-likeness (QED) is 0.846. The molecule has 0 N–H and O–H groups in total. The van der Waals surface area contributed by atoms with E-state index in [9.17, 15) is 21.6 Å². The molecule has 0 unspecified atom stereocenters. The van der Waals surface area contributed by atoms with Gasteiger partial charge in [0.05, 0.1) is 10.6 Å². The lowest BCUT2D eigenvalue weighted by molar-refractivity contribution is 0.115. The standard InChI is InChI=1S/C17H12F3NO2S/c1-24(22,23)13-6-7-16(21-10-13)15-9-17(19,20)8-14(15)11-2-4-12(18)5-3-11/h2-10H,1H3. The molecule has 3 nitrogen and oxygen atoms in total. The number of nitrogens with zero attached hydrogens (tertiary/aromatic N) is 1. The number of alkyl halides is 2. The molecular weight excluding hydrogens is 339 g/mol. The number of halogens is 3. The molecule has 0 spiro atoms. The van der Waals surface area contributed by atoms with Gasteiger partial charge in [0.1, 0.15) is 5.82 Å². The van der Waals surface area contributed by atoms with Crippen LogP contribution in [-0.4, -0.2) is 25.6 Å². The van der Waals surface area contributed by atoms with Crippen LogP contribution >= 0.6 is 0 Å². The summed E-state index contributed by atoms with van der Waals surface area (Å²) in [5.41, 5.74) is 1.04. The Labute approximate surface area is 137 Å². The third-order valence-corrected chi connectivity index (χ3v) is 4.66. The molecule has 0 saturated heterocycles. The zero-order valence-electron chi connectivity index (χ0n) is 12.5. The highest BCUT2D eigenvalue weighted by atomic mass is 32.2. The Morgan fingerprint density at radius 2 is 1.58 bits per heavy atom. The summed E-state index contributed by atoms with van der Waals surface area (Å²) in [6, 6.07) is 7.87. The van der Waals surface area contributed by atoms with Crippen molar-refractivity contribution in [1.82, 2.24) is 4.98 Å². The highest BCUT2D eigenvalue weighted by Crippen LogP contribution is 2.41. The lowest BCUT2D eigenvalue weighted by Gasteiger charge is -2.09. The molecule has 124 valence electrons. The number of benzene rings is 1. The maximum atomic E-state index is 13.8. The molecule has 0 radical (unpaired) electrons. The molecule has 0 bridgehead atoms. The first kappa shape index (κ1) is 16.4. The van der Waals surface area contributed by atoms with Crippen LogP contribution in [0.5, 0.6) is 0 Å². The van der Waals surface area contributed by atoms with Gasteiger partial charge in [0.2, 0.25) is 0 Å². The third-order valence-electron chi connectivity index (χ3n) is 3.56. The van der Waals surface area contributed by atoms with E-state index in [0.717, 1.165) is 24.6 Å². The van der Waals surface area contributed by atoms with E-state index >= 15 is 0 Å². The number of hydrogen-bond acceptors (Lipinski definition) is 3. The molecule has 0 amide bonds. The van der Waals surface area contributed by atoms with E-state index in [2.05, 4.69) is 4.98 Å². The van der Waals surface area contributed by atoms with E-state index in [-0.39, 0.29) is 21.7 Å². The molecule has 1 heterocycles. The first-order valence-electron chi connectivity index (χ1n) is 6.92. The molecular formula is C17H12F3NO2S. The van der Waals surface area contributed by atoms with Crippen molar-refractivity contribution in [3.8, 4) is 0 Å². The Kier molecular flexibility index (Phi) is 3.83. The van der Waals surface area contributed by atoms with Crippen molar-refractivity contribution in [3.05, 3.63) is 71.8 Å². The smallest absolute Gasteiger partial charge is 0.255 e. The van der Waals surface area contributed by atoms with Crippen molar-refractivity contribution in [3.63, 3.8) is 0 Å². The Morgan fingerprint density at radius 3 is 2.12 bits per heavy atom. The van der Waals surface area contributed by atoms with Gasteiger partial charge < -0.3 is 0 Å². The molecule has 1 aromatic heterocycles. The topological polar surface area (TPSA) is 47.0 Å². The number of allylic oxidation sites excluding steroid dienone is 4. The minimum absolute atomic E-state index is 0.00363. The van der Waals surface area contributed by atoms with Gasteiger partial charge in [0.15, 0.2) is 9.84 Å². The number of hydrogen-bond donors (Lipinski definition) is 0. The van der Waals surface area contributed by atoms with E-state index in [1.54, 1.807) is 0 Å². The monoisotopic (exact) mass is 351 g/mol. The van der Waals surface area contributed by atoms with Crippen molar-refractivity contribution in [2.24, 2.45) is 0 Å². The molecule has 0 atom stereocenters. The first-order chi connectivity index (χ1) is 11.2. The summed E-state index contributed by atoms with van der Waals surface area (Å²) in [5, 5.41) is 0. The maximum Gasteiger partial charge on any atom is 0.286 e. The van der Waals surface area contributed by atoms with Gasteiger partial charge in [0.25, 0.3) is 5.92 Å². The van der Waals surface area contributed by atoms with Crippen molar-refractivity contribution >= 4 is 21.0 Å². The molecule has 24 heavy (non-hydrogen) atoms. The fraction of sp³-hybridized carbons (Fsp3) is 0.118. The van der Waals surface area contributed by atoms with Crippen LogP contribution < -0.4 is 0 Å². The highest BCUT2D eigenvalue weighted by Gasteiger charge is 2.33. The second-order valence-electron chi connectivity index (χ2n) is 5.45. The molecule has 1 aromatic carbocycles. The molecule has 0 fully saturated rings. The first-order valence-corrected chi connectivity index (χ1v) is 8.81. The van der Waals surface area contributed by atoms with Crippen molar-refractivity contribution in [2.45, 2.75) is 10.8 Å². The van der Waals surface area contributed by atoms with Crippen LogP contribution in [0.15, 0.2) is 59.6 Å². The predicted octanol–water partition coefficient (Wildman–Crippen LogP) is 3.74. The van der Waals surface area contributed by atoms with E-state index in [0.29, 0.717) is 5.56 Å². The van der Waals surface area contributed by atoms with Crippen molar-refractivity contribution in [2.75, 3.05) is 6.26 Å². The summed E-state index contributed by atoms with van der Waals surface area (Å²) in [7, 11) is -3.42. The number of sulfone groups is 1. The highest BCUT2D eigenvalue weighted by molar-refractivity contribution is 7.90. The van der Waals surface area contributed by atoms with E-state index in [1.807, 2.05) is 0 Å². The van der Waals surface area contributed by atoms with Gasteiger partial charge in [-0.3, -0.25) is 4.98 Å². The second kappa shape index (κ2) is 5.59. The van der Waals surface area contributed by atoms with Crippen LogP contribution in [0.1, 0.15) is 11.3 Å². The Balaban J connectivity index is 2.05. The third kappa shape index (κ3) is 3.26. The minimum Gasteiger partial charge on any atom is -0.255 e. The normalized spacial score (nSPS) is 16.7. The zero-order valence-corrected chi connectivity index (χ0v) is 13.3. The van der Waals surface area contributed by atoms with Crippen LogP contribution in [0.2, 0.25) is 0 Å². The summed E-state index contributed by atoms with van der Waals surface area (Å²) >= 11 is 0. The van der Waals surface area contributed by atoms with Crippen LogP contribution in [-0.2, 0) is 9.84 Å². The van der Waals surface area contributed by atoms with Crippen LogP contribution in [0.25, 0.3) is 11.1 Å². The molecule has 1 aliphatic carbocycles. The SMILES string of the molecule is CS(=O)(=O)c1ccc(C2=CC(F)(F)C=C2c2ccc(F)cc2)nc1. The Bertz CT molecular complexity index is 944. The molecule has 2 aromatic rings. The minimum atomic E-state index is -3.42. The average molecular weight is 351 g/mol. The molecule has 1 aliphatic rings. The lowest BCUT2D eigenvalue weighted by Crippen LogP contribution is -2.03. The van der Waals surface area contributed by atoms with Gasteiger partial charge >= 0.3 is 0 Å². The lowest BCUT2D eigenvalue weighted by atomic mass is 9.98. The molecule has 0 aliphatic heterocycles. The average Bonchev–Trinajstić information content (AvgIpc) is 2.83. The van der Waals surface area contributed by atoms with Gasteiger partial charge in [-0.05, 0) is 47.6 Å². The van der Waals surface area contributed by atoms with E-state index in [4.69, 9.17) is 0 Å². The zero-order chi connectivity index (χ0) is 17.5. The number of aromatic nitrogens is 1. The second-order valence-corrected chi connectivity index (χ2v) is 7.46. The summed E-state index contributed by atoms with van der Waals surface area (Å²) in [6.07, 6.45) is 3.71. The Hall–Kier alpha value is -2.41. The largest absolute Gasteiger partial charge is 0.286 e. The Morgan fingerprint density at radius 1 is 0.958 bits per heavy atom. The van der Waals surface area contributed by atoms with Gasteiger partial charge in [-0.2, -0.15) is 8.78 Å². The summed E-state index contributed by atoms with van der Waals surface area (Å²) in [4.78, 5) is 3.99. The number of rotatable bonds is 3. The number of pyridine rings is 1. The van der Waals surface area contributed by atoms with Crippen molar-refractivity contribution in [1.29, 1.82) is 0 Å².